The molecule has 1 unspecified atom stereocenters. The number of hydrogen-bond donors (Lipinski definition) is 1. The second-order valence-electron chi connectivity index (χ2n) is 3.96. The van der Waals surface area contributed by atoms with Crippen molar-refractivity contribution < 1.29 is 9.53 Å². The highest BCUT2D eigenvalue weighted by molar-refractivity contribution is 5.68. The van der Waals surface area contributed by atoms with Gasteiger partial charge in [0.05, 0.1) is 0 Å². The minimum atomic E-state index is -0.458. The zero-order valence-corrected chi connectivity index (χ0v) is 8.68. The molecule has 0 bridgehead atoms. The SMILES string of the molecule is C#CCC(C)NC(=O)OC(C)(C)C. The second kappa shape index (κ2) is 4.76. The van der Waals surface area contributed by atoms with Gasteiger partial charge in [-0.2, -0.15) is 0 Å². The summed E-state index contributed by atoms with van der Waals surface area (Å²) in [6.45, 7) is 7.29. The Morgan fingerprint density at radius 2 is 2.15 bits per heavy atom. The molecule has 0 rings (SSSR count). The molecule has 0 spiro atoms. The Kier molecular flexibility index (Phi) is 4.33. The Labute approximate surface area is 79.8 Å². The zero-order chi connectivity index (χ0) is 10.5. The van der Waals surface area contributed by atoms with Gasteiger partial charge >= 0.3 is 6.09 Å². The molecule has 13 heavy (non-hydrogen) atoms. The van der Waals surface area contributed by atoms with Gasteiger partial charge in [0.15, 0.2) is 0 Å². The number of carbonyl (C=O) groups is 1. The summed E-state index contributed by atoms with van der Waals surface area (Å²) in [7, 11) is 0. The Balaban J connectivity index is 3.83. The van der Waals surface area contributed by atoms with Crippen LogP contribution in [0.3, 0.4) is 0 Å². The van der Waals surface area contributed by atoms with Crippen molar-refractivity contribution in [3.05, 3.63) is 0 Å². The topological polar surface area (TPSA) is 38.3 Å². The normalized spacial score (nSPS) is 12.8. The first-order valence-electron chi connectivity index (χ1n) is 4.28. The summed E-state index contributed by atoms with van der Waals surface area (Å²) in [4.78, 5) is 11.1. The van der Waals surface area contributed by atoms with Crippen LogP contribution < -0.4 is 5.32 Å². The van der Waals surface area contributed by atoms with E-state index in [0.717, 1.165) is 0 Å². The van der Waals surface area contributed by atoms with Crippen molar-refractivity contribution in [1.82, 2.24) is 5.32 Å². The third-order valence-corrected chi connectivity index (χ3v) is 1.19. The number of ether oxygens (including phenoxy) is 1. The van der Waals surface area contributed by atoms with Crippen LogP contribution in [0.1, 0.15) is 34.1 Å². The predicted octanol–water partition coefficient (Wildman–Crippen LogP) is 1.92. The van der Waals surface area contributed by atoms with E-state index in [0.29, 0.717) is 6.42 Å². The summed E-state index contributed by atoms with van der Waals surface area (Å²) < 4.78 is 5.04. The van der Waals surface area contributed by atoms with E-state index in [2.05, 4.69) is 11.2 Å². The van der Waals surface area contributed by atoms with E-state index >= 15 is 0 Å². The van der Waals surface area contributed by atoms with Gasteiger partial charge in [-0.3, -0.25) is 0 Å². The zero-order valence-electron chi connectivity index (χ0n) is 8.68. The van der Waals surface area contributed by atoms with E-state index < -0.39 is 11.7 Å². The third kappa shape index (κ3) is 7.20. The van der Waals surface area contributed by atoms with Crippen molar-refractivity contribution in [3.8, 4) is 12.3 Å². The maximum Gasteiger partial charge on any atom is 0.407 e. The van der Waals surface area contributed by atoms with Crippen LogP contribution in [0.2, 0.25) is 0 Å². The Morgan fingerprint density at radius 1 is 1.62 bits per heavy atom. The molecule has 0 aliphatic heterocycles. The first-order valence-corrected chi connectivity index (χ1v) is 4.28. The molecular formula is C10H17NO2. The first-order chi connectivity index (χ1) is 5.85. The lowest BCUT2D eigenvalue weighted by Gasteiger charge is -2.21. The van der Waals surface area contributed by atoms with Gasteiger partial charge in [0.2, 0.25) is 0 Å². The van der Waals surface area contributed by atoms with E-state index in [-0.39, 0.29) is 6.04 Å². The Hall–Kier alpha value is -1.17. The third-order valence-electron chi connectivity index (χ3n) is 1.19. The van der Waals surface area contributed by atoms with Gasteiger partial charge in [0.1, 0.15) is 5.60 Å². The van der Waals surface area contributed by atoms with E-state index in [1.165, 1.54) is 0 Å². The minimum absolute atomic E-state index is 0.0418. The molecule has 0 fully saturated rings. The number of hydrogen-bond acceptors (Lipinski definition) is 2. The number of rotatable bonds is 2. The summed E-state index contributed by atoms with van der Waals surface area (Å²) in [6.07, 6.45) is 5.18. The highest BCUT2D eigenvalue weighted by Crippen LogP contribution is 2.06. The number of nitrogens with one attached hydrogen (secondary N) is 1. The highest BCUT2D eigenvalue weighted by atomic mass is 16.6. The fourth-order valence-electron chi connectivity index (χ4n) is 0.737. The smallest absolute Gasteiger partial charge is 0.407 e. The lowest BCUT2D eigenvalue weighted by atomic mass is 10.2. The standard InChI is InChI=1S/C10H17NO2/c1-6-7-8(2)11-9(12)13-10(3,4)5/h1,8H,7H2,2-5H3,(H,11,12). The molecule has 3 nitrogen and oxygen atoms in total. The maximum atomic E-state index is 11.1. The fraction of sp³-hybridized carbons (Fsp3) is 0.700. The number of carbonyl (C=O) groups excluding carboxylic acids is 1. The van der Waals surface area contributed by atoms with E-state index in [4.69, 9.17) is 11.2 Å². The lowest BCUT2D eigenvalue weighted by Crippen LogP contribution is -2.37. The van der Waals surface area contributed by atoms with Crippen LogP contribution in [-0.4, -0.2) is 17.7 Å². The maximum absolute atomic E-state index is 11.1. The molecule has 0 aromatic heterocycles. The second-order valence-corrected chi connectivity index (χ2v) is 3.96. The molecule has 0 heterocycles. The molecule has 0 aliphatic carbocycles. The quantitative estimate of drug-likeness (QED) is 0.664. The van der Waals surface area contributed by atoms with Crippen LogP contribution in [0.5, 0.6) is 0 Å². The van der Waals surface area contributed by atoms with Crippen LogP contribution in [0.4, 0.5) is 4.79 Å². The molecule has 0 aromatic carbocycles. The van der Waals surface area contributed by atoms with Gasteiger partial charge in [0.25, 0.3) is 0 Å². The first kappa shape index (κ1) is 11.8. The van der Waals surface area contributed by atoms with Crippen molar-refractivity contribution in [2.24, 2.45) is 0 Å². The minimum Gasteiger partial charge on any atom is -0.444 e. The van der Waals surface area contributed by atoms with Crippen LogP contribution >= 0.6 is 0 Å². The van der Waals surface area contributed by atoms with Crippen molar-refractivity contribution in [2.75, 3.05) is 0 Å². The fourth-order valence-corrected chi connectivity index (χ4v) is 0.737. The molecule has 0 aliphatic rings. The van der Waals surface area contributed by atoms with Crippen molar-refractivity contribution in [1.29, 1.82) is 0 Å². The molecule has 0 saturated carbocycles. The van der Waals surface area contributed by atoms with E-state index in [1.807, 2.05) is 27.7 Å². The van der Waals surface area contributed by atoms with Crippen molar-refractivity contribution in [3.63, 3.8) is 0 Å². The number of alkyl carbamates (subject to hydrolysis) is 1. The monoisotopic (exact) mass is 183 g/mol. The average Bonchev–Trinajstić information content (AvgIpc) is 1.81. The average molecular weight is 183 g/mol. The summed E-state index contributed by atoms with van der Waals surface area (Å²) in [5.74, 6) is 2.47. The molecule has 0 radical (unpaired) electrons. The van der Waals surface area contributed by atoms with E-state index in [1.54, 1.807) is 0 Å². The van der Waals surface area contributed by atoms with Crippen LogP contribution in [-0.2, 0) is 4.74 Å². The molecule has 1 amide bonds. The molecule has 1 atom stereocenters. The summed E-state index contributed by atoms with van der Waals surface area (Å²) in [5, 5.41) is 2.63. The lowest BCUT2D eigenvalue weighted by molar-refractivity contribution is 0.0509. The molecule has 1 N–H and O–H groups in total. The van der Waals surface area contributed by atoms with Crippen molar-refractivity contribution in [2.45, 2.75) is 45.8 Å². The largest absolute Gasteiger partial charge is 0.444 e. The van der Waals surface area contributed by atoms with Gasteiger partial charge in [-0.15, -0.1) is 12.3 Å². The summed E-state index contributed by atoms with van der Waals surface area (Å²) in [5.41, 5.74) is -0.458. The molecule has 74 valence electrons. The van der Waals surface area contributed by atoms with Crippen LogP contribution in [0, 0.1) is 12.3 Å². The molecule has 0 saturated heterocycles. The molecule has 3 heteroatoms. The van der Waals surface area contributed by atoms with Crippen LogP contribution in [0.25, 0.3) is 0 Å². The summed E-state index contributed by atoms with van der Waals surface area (Å²) >= 11 is 0. The molecule has 0 aromatic rings. The van der Waals surface area contributed by atoms with Gasteiger partial charge in [-0.1, -0.05) is 0 Å². The van der Waals surface area contributed by atoms with Gasteiger partial charge in [-0.25, -0.2) is 4.79 Å². The molecular weight excluding hydrogens is 166 g/mol. The predicted molar refractivity (Wildman–Crippen MR) is 52.3 cm³/mol. The van der Waals surface area contributed by atoms with Gasteiger partial charge < -0.3 is 10.1 Å². The van der Waals surface area contributed by atoms with Gasteiger partial charge in [0, 0.05) is 12.5 Å². The number of terminal acetylenes is 1. The highest BCUT2D eigenvalue weighted by Gasteiger charge is 2.16. The Morgan fingerprint density at radius 3 is 2.54 bits per heavy atom. The Bertz CT molecular complexity index is 210. The van der Waals surface area contributed by atoms with Crippen LogP contribution in [0.15, 0.2) is 0 Å². The summed E-state index contributed by atoms with van der Waals surface area (Å²) in [6, 6.07) is -0.0418. The van der Waals surface area contributed by atoms with Crippen molar-refractivity contribution >= 4 is 6.09 Å². The van der Waals surface area contributed by atoms with Gasteiger partial charge in [-0.05, 0) is 27.7 Å². The number of amides is 1. The van der Waals surface area contributed by atoms with E-state index in [9.17, 15) is 4.79 Å².